The first-order chi connectivity index (χ1) is 16.7. The predicted molar refractivity (Wildman–Crippen MR) is 120 cm³/mol. The maximum Gasteiger partial charge on any atom is 0.418 e. The van der Waals surface area contributed by atoms with Gasteiger partial charge in [-0.05, 0) is 43.2 Å². The van der Waals surface area contributed by atoms with Crippen molar-refractivity contribution < 1.29 is 27.5 Å². The number of benzene rings is 1. The van der Waals surface area contributed by atoms with Crippen LogP contribution in [0.5, 0.6) is 5.75 Å². The van der Waals surface area contributed by atoms with E-state index < -0.39 is 17.2 Å². The van der Waals surface area contributed by atoms with E-state index in [1.807, 2.05) is 0 Å². The normalized spacial score (nSPS) is 14.2. The Labute approximate surface area is 199 Å². The number of carbonyl (C=O) groups excluding carboxylic acids is 2. The number of hydrogen-bond donors (Lipinski definition) is 2. The molecule has 11 heteroatoms. The number of ether oxygens (including phenoxy) is 1. The van der Waals surface area contributed by atoms with E-state index in [1.165, 1.54) is 44.2 Å². The molecule has 0 atom stereocenters. The van der Waals surface area contributed by atoms with Gasteiger partial charge in [-0.3, -0.25) is 14.6 Å². The summed E-state index contributed by atoms with van der Waals surface area (Å²) in [7, 11) is 1.30. The van der Waals surface area contributed by atoms with E-state index in [2.05, 4.69) is 25.6 Å². The van der Waals surface area contributed by atoms with Crippen LogP contribution in [0.2, 0.25) is 0 Å². The van der Waals surface area contributed by atoms with E-state index in [-0.39, 0.29) is 36.1 Å². The second kappa shape index (κ2) is 9.69. The Kier molecular flexibility index (Phi) is 6.68. The zero-order valence-electron chi connectivity index (χ0n) is 18.7. The molecule has 8 nitrogen and oxygen atoms in total. The zero-order valence-corrected chi connectivity index (χ0v) is 18.7. The van der Waals surface area contributed by atoms with E-state index >= 15 is 0 Å². The molecule has 182 valence electrons. The van der Waals surface area contributed by atoms with Gasteiger partial charge in [-0.1, -0.05) is 0 Å². The SMILES string of the molecule is COc1ccc(Nc2ccc(CNC(=O)C3(CC(=O)c4cncnc4)CC3)nc2)c(C(F)(F)F)c1. The van der Waals surface area contributed by atoms with Gasteiger partial charge >= 0.3 is 6.18 Å². The number of pyridine rings is 1. The van der Waals surface area contributed by atoms with Gasteiger partial charge < -0.3 is 15.4 Å². The van der Waals surface area contributed by atoms with E-state index in [0.29, 0.717) is 29.8 Å². The van der Waals surface area contributed by atoms with Crippen molar-refractivity contribution in [2.45, 2.75) is 32.0 Å². The number of aromatic nitrogens is 3. The summed E-state index contributed by atoms with van der Waals surface area (Å²) in [6.45, 7) is 0.125. The molecule has 3 aromatic rings. The average Bonchev–Trinajstić information content (AvgIpc) is 3.64. The van der Waals surface area contributed by atoms with Gasteiger partial charge in [0.25, 0.3) is 0 Å². The highest BCUT2D eigenvalue weighted by Gasteiger charge is 2.51. The van der Waals surface area contributed by atoms with Gasteiger partial charge in [0.1, 0.15) is 12.1 Å². The summed E-state index contributed by atoms with van der Waals surface area (Å²) in [4.78, 5) is 37.0. The largest absolute Gasteiger partial charge is 0.497 e. The van der Waals surface area contributed by atoms with Crippen molar-refractivity contribution >= 4 is 23.1 Å². The predicted octanol–water partition coefficient (Wildman–Crippen LogP) is 4.31. The number of nitrogens with zero attached hydrogens (tertiary/aromatic N) is 3. The number of halogens is 3. The summed E-state index contributed by atoms with van der Waals surface area (Å²) in [6.07, 6.45) is 2.29. The topological polar surface area (TPSA) is 106 Å². The second-order valence-corrected chi connectivity index (χ2v) is 8.26. The van der Waals surface area contributed by atoms with Crippen LogP contribution in [0.3, 0.4) is 0 Å². The molecule has 2 N–H and O–H groups in total. The average molecular weight is 485 g/mol. The summed E-state index contributed by atoms with van der Waals surface area (Å²) < 4.78 is 45.1. The quantitative estimate of drug-likeness (QED) is 0.435. The molecule has 0 spiro atoms. The van der Waals surface area contributed by atoms with Crippen LogP contribution in [0.25, 0.3) is 0 Å². The van der Waals surface area contributed by atoms with Crippen molar-refractivity contribution in [2.24, 2.45) is 5.41 Å². The zero-order chi connectivity index (χ0) is 25.1. The molecule has 1 aromatic carbocycles. The molecule has 1 amide bonds. The summed E-state index contributed by atoms with van der Waals surface area (Å²) in [5.41, 5.74) is -0.499. The number of methoxy groups -OCH3 is 1. The van der Waals surface area contributed by atoms with Crippen LogP contribution in [-0.2, 0) is 17.5 Å². The number of anilines is 2. The lowest BCUT2D eigenvalue weighted by Crippen LogP contribution is -2.33. The molecular weight excluding hydrogens is 463 g/mol. The Morgan fingerprint density at radius 3 is 2.43 bits per heavy atom. The minimum Gasteiger partial charge on any atom is -0.497 e. The minimum absolute atomic E-state index is 0.0753. The van der Waals surface area contributed by atoms with Crippen molar-refractivity contribution in [1.82, 2.24) is 20.3 Å². The van der Waals surface area contributed by atoms with E-state index in [1.54, 1.807) is 12.1 Å². The molecule has 0 bridgehead atoms. The van der Waals surface area contributed by atoms with Gasteiger partial charge in [-0.2, -0.15) is 13.2 Å². The number of rotatable bonds is 9. The van der Waals surface area contributed by atoms with E-state index in [0.717, 1.165) is 6.07 Å². The first-order valence-corrected chi connectivity index (χ1v) is 10.7. The monoisotopic (exact) mass is 485 g/mol. The van der Waals surface area contributed by atoms with Crippen molar-refractivity contribution in [3.8, 4) is 5.75 Å². The lowest BCUT2D eigenvalue weighted by Gasteiger charge is -2.16. The Morgan fingerprint density at radius 1 is 1.09 bits per heavy atom. The highest BCUT2D eigenvalue weighted by molar-refractivity contribution is 6.00. The summed E-state index contributed by atoms with van der Waals surface area (Å²) in [5.74, 6) is -0.331. The first-order valence-electron chi connectivity index (χ1n) is 10.7. The second-order valence-electron chi connectivity index (χ2n) is 8.26. The number of carbonyl (C=O) groups is 2. The number of nitrogens with one attached hydrogen (secondary N) is 2. The Morgan fingerprint density at radius 2 is 1.83 bits per heavy atom. The first kappa shape index (κ1) is 24.1. The van der Waals surface area contributed by atoms with Gasteiger partial charge in [-0.25, -0.2) is 9.97 Å². The maximum atomic E-state index is 13.4. The smallest absolute Gasteiger partial charge is 0.418 e. The van der Waals surface area contributed by atoms with Crippen molar-refractivity contribution in [1.29, 1.82) is 0 Å². The third kappa shape index (κ3) is 5.73. The van der Waals surface area contributed by atoms with Gasteiger partial charge in [0.05, 0.1) is 53.5 Å². The van der Waals surface area contributed by atoms with Gasteiger partial charge in [0.2, 0.25) is 5.91 Å². The molecule has 1 aliphatic carbocycles. The number of ketones is 1. The fraction of sp³-hybridized carbons (Fsp3) is 0.292. The number of hydrogen-bond acceptors (Lipinski definition) is 7. The van der Waals surface area contributed by atoms with Crippen molar-refractivity contribution in [2.75, 3.05) is 12.4 Å². The summed E-state index contributed by atoms with van der Waals surface area (Å²) in [6, 6.07) is 6.81. The summed E-state index contributed by atoms with van der Waals surface area (Å²) >= 11 is 0. The third-order valence-electron chi connectivity index (χ3n) is 5.78. The number of amides is 1. The molecule has 2 aromatic heterocycles. The van der Waals surface area contributed by atoms with Crippen molar-refractivity contribution in [3.63, 3.8) is 0 Å². The van der Waals surface area contributed by atoms with Crippen LogP contribution >= 0.6 is 0 Å². The third-order valence-corrected chi connectivity index (χ3v) is 5.78. The fourth-order valence-electron chi connectivity index (χ4n) is 3.60. The van der Waals surface area contributed by atoms with Gasteiger partial charge in [0, 0.05) is 18.8 Å². The lowest BCUT2D eigenvalue weighted by atomic mass is 9.96. The highest BCUT2D eigenvalue weighted by Crippen LogP contribution is 2.49. The number of Topliss-reactive ketones (excluding diaryl/α,β-unsaturated/α-hetero) is 1. The highest BCUT2D eigenvalue weighted by atomic mass is 19.4. The molecule has 1 aliphatic rings. The molecule has 0 saturated heterocycles. The lowest BCUT2D eigenvalue weighted by molar-refractivity contribution is -0.137. The molecule has 1 fully saturated rings. The Hall–Kier alpha value is -4.02. The molecule has 0 unspecified atom stereocenters. The molecule has 35 heavy (non-hydrogen) atoms. The Balaban J connectivity index is 1.36. The van der Waals surface area contributed by atoms with Crippen LogP contribution in [0.4, 0.5) is 24.5 Å². The molecular formula is C24H22F3N5O3. The molecule has 0 aliphatic heterocycles. The van der Waals surface area contributed by atoms with Crippen LogP contribution in [0.15, 0.2) is 55.2 Å². The van der Waals surface area contributed by atoms with Gasteiger partial charge in [0.15, 0.2) is 5.78 Å². The maximum absolute atomic E-state index is 13.4. The fourth-order valence-corrected chi connectivity index (χ4v) is 3.60. The standard InChI is InChI=1S/C24H22F3N5O3/c1-35-18-4-5-20(19(8-18)24(25,26)27)32-17-3-2-16(30-13-17)12-31-22(34)23(6-7-23)9-21(33)15-10-28-14-29-11-15/h2-5,8,10-11,13-14,32H,6-7,9,12H2,1H3,(H,31,34). The molecule has 2 heterocycles. The van der Waals surface area contributed by atoms with Crippen molar-refractivity contribution in [3.05, 3.63) is 72.1 Å². The van der Waals surface area contributed by atoms with Gasteiger partial charge in [-0.15, -0.1) is 0 Å². The Bertz CT molecular complexity index is 1210. The van der Waals surface area contributed by atoms with Crippen LogP contribution < -0.4 is 15.4 Å². The van der Waals surface area contributed by atoms with Crippen LogP contribution in [0, 0.1) is 5.41 Å². The van der Waals surface area contributed by atoms with E-state index in [9.17, 15) is 22.8 Å². The summed E-state index contributed by atoms with van der Waals surface area (Å²) in [5, 5.41) is 5.52. The van der Waals surface area contributed by atoms with E-state index in [4.69, 9.17) is 4.74 Å². The molecule has 1 saturated carbocycles. The minimum atomic E-state index is -4.57. The molecule has 4 rings (SSSR count). The number of alkyl halides is 3. The van der Waals surface area contributed by atoms with Crippen LogP contribution in [0.1, 0.15) is 40.9 Å². The molecule has 0 radical (unpaired) electrons. The van der Waals surface area contributed by atoms with Crippen LogP contribution in [-0.4, -0.2) is 33.8 Å².